The first-order valence-corrected chi connectivity index (χ1v) is 7.51. The minimum absolute atomic E-state index is 0.0528. The maximum absolute atomic E-state index is 12.3. The zero-order valence-electron chi connectivity index (χ0n) is 12.6. The predicted octanol–water partition coefficient (Wildman–Crippen LogP) is 3.51. The van der Waals surface area contributed by atoms with Crippen molar-refractivity contribution >= 4 is 22.5 Å². The Labute approximate surface area is 133 Å². The van der Waals surface area contributed by atoms with E-state index >= 15 is 0 Å². The Balaban J connectivity index is 1.69. The second-order valence-corrected chi connectivity index (χ2v) is 5.44. The molecule has 4 nitrogen and oxygen atoms in total. The Kier molecular flexibility index (Phi) is 4.35. The van der Waals surface area contributed by atoms with Crippen molar-refractivity contribution in [3.05, 3.63) is 71.4 Å². The summed E-state index contributed by atoms with van der Waals surface area (Å²) in [5, 5.41) is 10.3. The van der Waals surface area contributed by atoms with Crippen molar-refractivity contribution in [1.82, 2.24) is 4.98 Å². The van der Waals surface area contributed by atoms with Gasteiger partial charge in [-0.15, -0.1) is 0 Å². The second kappa shape index (κ2) is 6.58. The lowest BCUT2D eigenvalue weighted by molar-refractivity contribution is 0.0916. The maximum atomic E-state index is 12.3. The van der Waals surface area contributed by atoms with Crippen molar-refractivity contribution in [3.63, 3.8) is 0 Å². The van der Waals surface area contributed by atoms with Crippen LogP contribution in [0.5, 0.6) is 0 Å². The normalized spacial score (nSPS) is 10.8. The van der Waals surface area contributed by atoms with Crippen LogP contribution in [0.2, 0.25) is 0 Å². The zero-order valence-corrected chi connectivity index (χ0v) is 12.6. The fraction of sp³-hybridized carbons (Fsp3) is 0.158. The molecule has 116 valence electrons. The molecule has 0 amide bonds. The van der Waals surface area contributed by atoms with Gasteiger partial charge in [-0.2, -0.15) is 0 Å². The fourth-order valence-corrected chi connectivity index (χ4v) is 2.66. The van der Waals surface area contributed by atoms with E-state index in [4.69, 9.17) is 0 Å². The number of aliphatic hydroxyl groups excluding tert-OH is 1. The number of hydrogen-bond acceptors (Lipinski definition) is 3. The van der Waals surface area contributed by atoms with Gasteiger partial charge >= 0.3 is 0 Å². The lowest BCUT2D eigenvalue weighted by Crippen LogP contribution is -2.07. The van der Waals surface area contributed by atoms with Gasteiger partial charge in [0.2, 0.25) is 0 Å². The largest absolute Gasteiger partial charge is 0.392 e. The standard InChI is InChI=1S/C19H17NO3/c21-12-15-3-1-2-4-16(15)19(23)8-7-18(22)14-5-6-17-13(11-14)9-10-20-17/h1-6,9-11,20-21H,7-8,12H2. The summed E-state index contributed by atoms with van der Waals surface area (Å²) in [6.45, 7) is -0.181. The highest BCUT2D eigenvalue weighted by Crippen LogP contribution is 2.17. The SMILES string of the molecule is O=C(CCC(=O)c1ccccc1CO)c1ccc2[nH]ccc2c1. The number of nitrogens with one attached hydrogen (secondary N) is 1. The monoisotopic (exact) mass is 307 g/mol. The van der Waals surface area contributed by atoms with Crippen molar-refractivity contribution < 1.29 is 14.7 Å². The highest BCUT2D eigenvalue weighted by Gasteiger charge is 2.14. The minimum Gasteiger partial charge on any atom is -0.392 e. The molecule has 0 bridgehead atoms. The molecule has 1 heterocycles. The van der Waals surface area contributed by atoms with E-state index in [2.05, 4.69) is 4.98 Å². The number of Topliss-reactive ketones (excluding diaryl/α,β-unsaturated/α-hetero) is 2. The van der Waals surface area contributed by atoms with Gasteiger partial charge in [0.05, 0.1) is 6.61 Å². The molecule has 0 aliphatic rings. The molecule has 0 atom stereocenters. The summed E-state index contributed by atoms with van der Waals surface area (Å²) in [4.78, 5) is 27.6. The molecule has 3 aromatic rings. The third-order valence-electron chi connectivity index (χ3n) is 3.94. The van der Waals surface area contributed by atoms with Crippen LogP contribution >= 0.6 is 0 Å². The van der Waals surface area contributed by atoms with Crippen LogP contribution in [0.15, 0.2) is 54.7 Å². The van der Waals surface area contributed by atoms with Gasteiger partial charge in [0.1, 0.15) is 0 Å². The van der Waals surface area contributed by atoms with Crippen LogP contribution in [0.1, 0.15) is 39.1 Å². The van der Waals surface area contributed by atoms with Crippen molar-refractivity contribution in [2.45, 2.75) is 19.4 Å². The average molecular weight is 307 g/mol. The van der Waals surface area contributed by atoms with Crippen molar-refractivity contribution in [1.29, 1.82) is 0 Å². The minimum atomic E-state index is -0.181. The quantitative estimate of drug-likeness (QED) is 0.685. The van der Waals surface area contributed by atoms with Gasteiger partial charge in [-0.05, 0) is 29.8 Å². The Bertz CT molecular complexity index is 864. The number of hydrogen-bond donors (Lipinski definition) is 2. The van der Waals surface area contributed by atoms with Crippen molar-refractivity contribution in [2.75, 3.05) is 0 Å². The Morgan fingerprint density at radius 2 is 1.74 bits per heavy atom. The second-order valence-electron chi connectivity index (χ2n) is 5.44. The summed E-state index contributed by atoms with van der Waals surface area (Å²) in [5.41, 5.74) is 2.68. The summed E-state index contributed by atoms with van der Waals surface area (Å²) >= 11 is 0. The molecule has 3 rings (SSSR count). The molecule has 4 heteroatoms. The van der Waals surface area contributed by atoms with Gasteiger partial charge in [0.25, 0.3) is 0 Å². The zero-order chi connectivity index (χ0) is 16.2. The van der Waals surface area contributed by atoms with Crippen LogP contribution in [0, 0.1) is 0 Å². The molecule has 0 saturated heterocycles. The van der Waals surface area contributed by atoms with Crippen LogP contribution in [0.25, 0.3) is 10.9 Å². The Morgan fingerprint density at radius 1 is 0.957 bits per heavy atom. The lowest BCUT2D eigenvalue weighted by Gasteiger charge is -2.06. The third kappa shape index (κ3) is 3.22. The molecule has 0 aliphatic heterocycles. The average Bonchev–Trinajstić information content (AvgIpc) is 3.06. The smallest absolute Gasteiger partial charge is 0.163 e. The van der Waals surface area contributed by atoms with Gasteiger partial charge in [-0.1, -0.05) is 24.3 Å². The van der Waals surface area contributed by atoms with E-state index in [9.17, 15) is 14.7 Å². The molecule has 23 heavy (non-hydrogen) atoms. The number of rotatable bonds is 6. The number of H-pyrrole nitrogens is 1. The summed E-state index contributed by atoms with van der Waals surface area (Å²) < 4.78 is 0. The molecule has 0 spiro atoms. The molecule has 2 aromatic carbocycles. The van der Waals surface area contributed by atoms with E-state index in [1.165, 1.54) is 0 Å². The maximum Gasteiger partial charge on any atom is 0.163 e. The number of carbonyl (C=O) groups is 2. The first-order chi connectivity index (χ1) is 11.2. The molecule has 0 unspecified atom stereocenters. The molecule has 2 N–H and O–H groups in total. The van der Waals surface area contributed by atoms with Crippen molar-refractivity contribution in [3.8, 4) is 0 Å². The highest BCUT2D eigenvalue weighted by atomic mass is 16.3. The predicted molar refractivity (Wildman–Crippen MR) is 88.6 cm³/mol. The topological polar surface area (TPSA) is 70.2 Å². The summed E-state index contributed by atoms with van der Waals surface area (Å²) in [7, 11) is 0. The first kappa shape index (κ1) is 15.2. The highest BCUT2D eigenvalue weighted by molar-refractivity contribution is 6.04. The number of fused-ring (bicyclic) bond motifs is 1. The number of aliphatic hydroxyl groups is 1. The van der Waals surface area contributed by atoms with Gasteiger partial charge in [-0.3, -0.25) is 9.59 Å². The summed E-state index contributed by atoms with van der Waals surface area (Å²) in [6.07, 6.45) is 2.13. The van der Waals surface area contributed by atoms with Gasteiger partial charge in [0.15, 0.2) is 11.6 Å². The lowest BCUT2D eigenvalue weighted by atomic mass is 9.98. The van der Waals surface area contributed by atoms with Gasteiger partial charge in [0, 0.05) is 41.1 Å². The summed E-state index contributed by atoms with van der Waals surface area (Å²) in [6, 6.07) is 14.3. The van der Waals surface area contributed by atoms with Crippen LogP contribution in [0.4, 0.5) is 0 Å². The molecule has 1 aromatic heterocycles. The fourth-order valence-electron chi connectivity index (χ4n) is 2.66. The van der Waals surface area contributed by atoms with E-state index in [1.54, 1.807) is 30.3 Å². The Hall–Kier alpha value is -2.72. The number of aromatic amines is 1. The van der Waals surface area contributed by atoms with Crippen molar-refractivity contribution in [2.24, 2.45) is 0 Å². The van der Waals surface area contributed by atoms with E-state index < -0.39 is 0 Å². The molecule has 0 saturated carbocycles. The van der Waals surface area contributed by atoms with E-state index in [0.717, 1.165) is 10.9 Å². The van der Waals surface area contributed by atoms with E-state index in [-0.39, 0.29) is 31.0 Å². The first-order valence-electron chi connectivity index (χ1n) is 7.51. The van der Waals surface area contributed by atoms with Crippen LogP contribution in [-0.2, 0) is 6.61 Å². The Morgan fingerprint density at radius 3 is 2.57 bits per heavy atom. The third-order valence-corrected chi connectivity index (χ3v) is 3.94. The van der Waals surface area contributed by atoms with Gasteiger partial charge < -0.3 is 10.1 Å². The van der Waals surface area contributed by atoms with E-state index in [0.29, 0.717) is 16.7 Å². The van der Waals surface area contributed by atoms with Crippen LogP contribution in [0.3, 0.4) is 0 Å². The number of carbonyl (C=O) groups excluding carboxylic acids is 2. The van der Waals surface area contributed by atoms with E-state index in [1.807, 2.05) is 24.4 Å². The molecular weight excluding hydrogens is 290 g/mol. The molecule has 0 aliphatic carbocycles. The molecular formula is C19H17NO3. The summed E-state index contributed by atoms with van der Waals surface area (Å²) in [5.74, 6) is -0.173. The molecule has 0 radical (unpaired) electrons. The number of aromatic nitrogens is 1. The molecule has 0 fully saturated rings. The van der Waals surface area contributed by atoms with Crippen LogP contribution in [-0.4, -0.2) is 21.7 Å². The number of benzene rings is 2. The van der Waals surface area contributed by atoms with Gasteiger partial charge in [-0.25, -0.2) is 0 Å². The number of ketones is 2. The van der Waals surface area contributed by atoms with Crippen LogP contribution < -0.4 is 0 Å².